The van der Waals surface area contributed by atoms with Gasteiger partial charge in [-0.1, -0.05) is 13.8 Å². The molecule has 2 amide bonds. The summed E-state index contributed by atoms with van der Waals surface area (Å²) in [5.74, 6) is 1.31. The summed E-state index contributed by atoms with van der Waals surface area (Å²) in [6.07, 6.45) is 0.263. The van der Waals surface area contributed by atoms with Crippen molar-refractivity contribution in [3.8, 4) is 5.75 Å². The Morgan fingerprint density at radius 1 is 1.29 bits per heavy atom. The van der Waals surface area contributed by atoms with Crippen molar-refractivity contribution in [2.75, 3.05) is 13.7 Å². The van der Waals surface area contributed by atoms with Crippen LogP contribution >= 0.6 is 0 Å². The third-order valence-corrected chi connectivity index (χ3v) is 5.70. The first kappa shape index (κ1) is 22.9. The number of aryl methyl sites for hydroxylation is 1. The van der Waals surface area contributed by atoms with Gasteiger partial charge in [0.2, 0.25) is 5.91 Å². The number of rotatable bonds is 5. The highest BCUT2D eigenvalue weighted by Gasteiger charge is 2.44. The molecular formula is C23H34N4O4. The van der Waals surface area contributed by atoms with Crippen LogP contribution in [0, 0.1) is 11.8 Å². The SMILES string of the molecule is COc1ccc2c(c1)nc(CNC(=O)[C@@H]1CCN(C(=O)OC(C)(C)C)[C@H]1C(C)C)n2C. The molecule has 2 heterocycles. The highest BCUT2D eigenvalue weighted by Crippen LogP contribution is 2.31. The van der Waals surface area contributed by atoms with Gasteiger partial charge in [-0.3, -0.25) is 4.79 Å². The summed E-state index contributed by atoms with van der Waals surface area (Å²) in [7, 11) is 3.55. The van der Waals surface area contributed by atoms with Gasteiger partial charge in [-0.05, 0) is 45.2 Å². The van der Waals surface area contributed by atoms with E-state index in [-0.39, 0.29) is 29.9 Å². The molecule has 0 aliphatic carbocycles. The van der Waals surface area contributed by atoms with Crippen LogP contribution in [0.1, 0.15) is 46.9 Å². The number of fused-ring (bicyclic) bond motifs is 1. The monoisotopic (exact) mass is 430 g/mol. The minimum absolute atomic E-state index is 0.0607. The van der Waals surface area contributed by atoms with Gasteiger partial charge in [-0.2, -0.15) is 0 Å². The Bertz CT molecular complexity index is 960. The van der Waals surface area contributed by atoms with E-state index in [2.05, 4.69) is 10.3 Å². The summed E-state index contributed by atoms with van der Waals surface area (Å²) in [5.41, 5.74) is 1.23. The van der Waals surface area contributed by atoms with E-state index in [0.29, 0.717) is 19.5 Å². The van der Waals surface area contributed by atoms with Crippen molar-refractivity contribution < 1.29 is 19.1 Å². The molecule has 170 valence electrons. The first-order valence-electron chi connectivity index (χ1n) is 10.8. The van der Waals surface area contributed by atoms with Gasteiger partial charge in [-0.25, -0.2) is 9.78 Å². The Morgan fingerprint density at radius 2 is 2.00 bits per heavy atom. The number of nitrogens with zero attached hydrogens (tertiary/aromatic N) is 3. The van der Waals surface area contributed by atoms with E-state index in [1.165, 1.54) is 0 Å². The third kappa shape index (κ3) is 4.94. The topological polar surface area (TPSA) is 85.7 Å². The van der Waals surface area contributed by atoms with Crippen molar-refractivity contribution in [3.05, 3.63) is 24.0 Å². The molecule has 0 spiro atoms. The van der Waals surface area contributed by atoms with Crippen molar-refractivity contribution in [2.45, 2.75) is 59.2 Å². The van der Waals surface area contributed by atoms with E-state index in [1.54, 1.807) is 12.0 Å². The van der Waals surface area contributed by atoms with Gasteiger partial charge < -0.3 is 24.3 Å². The summed E-state index contributed by atoms with van der Waals surface area (Å²) in [4.78, 5) is 32.1. The van der Waals surface area contributed by atoms with E-state index in [0.717, 1.165) is 22.6 Å². The average Bonchev–Trinajstić information content (AvgIpc) is 3.26. The van der Waals surface area contributed by atoms with E-state index >= 15 is 0 Å². The summed E-state index contributed by atoms with van der Waals surface area (Å²) < 4.78 is 12.8. The van der Waals surface area contributed by atoms with Crippen LogP contribution in [0.3, 0.4) is 0 Å². The van der Waals surface area contributed by atoms with Crippen molar-refractivity contribution in [3.63, 3.8) is 0 Å². The van der Waals surface area contributed by atoms with E-state index < -0.39 is 5.60 Å². The van der Waals surface area contributed by atoms with Crippen LogP contribution in [0.5, 0.6) is 5.75 Å². The number of amides is 2. The number of hydrogen-bond donors (Lipinski definition) is 1. The second-order valence-corrected chi connectivity index (χ2v) is 9.46. The quantitative estimate of drug-likeness (QED) is 0.785. The lowest BCUT2D eigenvalue weighted by atomic mass is 9.90. The van der Waals surface area contributed by atoms with Crippen LogP contribution in [0.2, 0.25) is 0 Å². The van der Waals surface area contributed by atoms with Crippen LogP contribution in [0.25, 0.3) is 11.0 Å². The molecule has 0 bridgehead atoms. The molecule has 2 atom stereocenters. The Balaban J connectivity index is 1.70. The van der Waals surface area contributed by atoms with Gasteiger partial charge >= 0.3 is 6.09 Å². The molecule has 2 aromatic rings. The molecule has 0 radical (unpaired) electrons. The van der Waals surface area contributed by atoms with Crippen molar-refractivity contribution in [2.24, 2.45) is 18.9 Å². The predicted octanol–water partition coefficient (Wildman–Crippen LogP) is 3.48. The van der Waals surface area contributed by atoms with Crippen LogP contribution in [0.4, 0.5) is 4.79 Å². The Hall–Kier alpha value is -2.77. The number of carbonyl (C=O) groups excluding carboxylic acids is 2. The van der Waals surface area contributed by atoms with Gasteiger partial charge in [0.05, 0.1) is 30.6 Å². The first-order chi connectivity index (χ1) is 14.5. The molecule has 0 unspecified atom stereocenters. The minimum Gasteiger partial charge on any atom is -0.497 e. The number of likely N-dealkylation sites (tertiary alicyclic amines) is 1. The zero-order valence-electron chi connectivity index (χ0n) is 19.6. The third-order valence-electron chi connectivity index (χ3n) is 5.70. The first-order valence-corrected chi connectivity index (χ1v) is 10.8. The highest BCUT2D eigenvalue weighted by molar-refractivity contribution is 5.82. The van der Waals surface area contributed by atoms with Gasteiger partial charge in [0.15, 0.2) is 0 Å². The lowest BCUT2D eigenvalue weighted by Crippen LogP contribution is -2.47. The molecule has 1 aromatic carbocycles. The molecular weight excluding hydrogens is 396 g/mol. The summed E-state index contributed by atoms with van der Waals surface area (Å²) in [6.45, 7) is 10.5. The number of ether oxygens (including phenoxy) is 2. The second-order valence-electron chi connectivity index (χ2n) is 9.46. The zero-order valence-corrected chi connectivity index (χ0v) is 19.6. The van der Waals surface area contributed by atoms with Crippen molar-refractivity contribution in [1.82, 2.24) is 19.8 Å². The maximum Gasteiger partial charge on any atom is 0.410 e. The van der Waals surface area contributed by atoms with E-state index in [1.807, 2.05) is 64.4 Å². The number of methoxy groups -OCH3 is 1. The van der Waals surface area contributed by atoms with Crippen molar-refractivity contribution in [1.29, 1.82) is 0 Å². The standard InChI is InChI=1S/C23H34N4O4/c1-14(2)20-16(10-11-27(20)22(29)31-23(3,4)5)21(28)24-13-19-25-17-12-15(30-7)8-9-18(17)26(19)6/h8-9,12,14,16,20H,10-11,13H2,1-7H3,(H,24,28)/t16-,20+/m1/s1. The largest absolute Gasteiger partial charge is 0.497 e. The lowest BCUT2D eigenvalue weighted by Gasteiger charge is -2.32. The molecule has 3 rings (SSSR count). The number of aromatic nitrogens is 2. The Labute approximate surface area is 183 Å². The summed E-state index contributed by atoms with van der Waals surface area (Å²) >= 11 is 0. The van der Waals surface area contributed by atoms with Crippen LogP contribution < -0.4 is 10.1 Å². The van der Waals surface area contributed by atoms with Crippen LogP contribution in [0.15, 0.2) is 18.2 Å². The Kier molecular flexibility index (Phi) is 6.48. The number of carbonyl (C=O) groups is 2. The molecule has 0 saturated carbocycles. The highest BCUT2D eigenvalue weighted by atomic mass is 16.6. The Morgan fingerprint density at radius 3 is 2.61 bits per heavy atom. The molecule has 1 aliphatic rings. The number of benzene rings is 1. The number of hydrogen-bond acceptors (Lipinski definition) is 5. The maximum atomic E-state index is 13.1. The normalized spacial score (nSPS) is 19.2. The van der Waals surface area contributed by atoms with Gasteiger partial charge in [-0.15, -0.1) is 0 Å². The number of imidazole rings is 1. The average molecular weight is 431 g/mol. The maximum absolute atomic E-state index is 13.1. The molecule has 8 heteroatoms. The van der Waals surface area contributed by atoms with Gasteiger partial charge in [0.1, 0.15) is 17.2 Å². The molecule has 1 aliphatic heterocycles. The smallest absolute Gasteiger partial charge is 0.410 e. The predicted molar refractivity (Wildman–Crippen MR) is 119 cm³/mol. The van der Waals surface area contributed by atoms with Gasteiger partial charge in [0, 0.05) is 25.7 Å². The zero-order chi connectivity index (χ0) is 22.9. The van der Waals surface area contributed by atoms with E-state index in [4.69, 9.17) is 9.47 Å². The molecule has 1 aromatic heterocycles. The van der Waals surface area contributed by atoms with Crippen LogP contribution in [-0.2, 0) is 23.1 Å². The minimum atomic E-state index is -0.568. The fourth-order valence-electron chi connectivity index (χ4n) is 4.27. The summed E-state index contributed by atoms with van der Waals surface area (Å²) in [6, 6.07) is 5.53. The van der Waals surface area contributed by atoms with Gasteiger partial charge in [0.25, 0.3) is 0 Å². The second kappa shape index (κ2) is 8.77. The number of nitrogens with one attached hydrogen (secondary N) is 1. The summed E-state index contributed by atoms with van der Waals surface area (Å²) in [5, 5.41) is 3.03. The lowest BCUT2D eigenvalue weighted by molar-refractivity contribution is -0.126. The molecule has 1 N–H and O–H groups in total. The molecule has 31 heavy (non-hydrogen) atoms. The molecule has 1 fully saturated rings. The van der Waals surface area contributed by atoms with E-state index in [9.17, 15) is 9.59 Å². The van der Waals surface area contributed by atoms with Crippen molar-refractivity contribution >= 4 is 23.0 Å². The molecule has 1 saturated heterocycles. The fraction of sp³-hybridized carbons (Fsp3) is 0.609. The fourth-order valence-corrected chi connectivity index (χ4v) is 4.27. The molecule has 8 nitrogen and oxygen atoms in total. The van der Waals surface area contributed by atoms with Crippen LogP contribution in [-0.4, -0.2) is 51.7 Å².